The van der Waals surface area contributed by atoms with Gasteiger partial charge < -0.3 is 32.4 Å². The average molecular weight is 445 g/mol. The number of halogens is 1. The fourth-order valence-electron chi connectivity index (χ4n) is 2.01. The Morgan fingerprint density at radius 2 is 1.93 bits per heavy atom. The second-order valence-electron chi connectivity index (χ2n) is 5.83. The molecule has 170 valence electrons. The number of rotatable bonds is 11. The maximum atomic E-state index is 12.0. The summed E-state index contributed by atoms with van der Waals surface area (Å²) in [4.78, 5) is 23.6. The average Bonchev–Trinajstić information content (AvgIpc) is 2.71. The summed E-state index contributed by atoms with van der Waals surface area (Å²) in [6, 6.07) is 0. The topological polar surface area (TPSA) is 187 Å². The smallest absolute Gasteiger partial charge is 0.280 e. The maximum absolute atomic E-state index is 12.0. The highest BCUT2D eigenvalue weighted by Gasteiger charge is 2.16. The Morgan fingerprint density at radius 1 is 1.23 bits per heavy atom. The molecular weight excluding hydrogens is 412 g/mol. The Labute approximate surface area is 182 Å². The van der Waals surface area contributed by atoms with Crippen molar-refractivity contribution in [2.45, 2.75) is 39.5 Å². The van der Waals surface area contributed by atoms with E-state index in [-0.39, 0.29) is 35.2 Å². The summed E-state index contributed by atoms with van der Waals surface area (Å²) in [5, 5.41) is 12.9. The molecule has 11 nitrogen and oxygen atoms in total. The highest BCUT2D eigenvalue weighted by Crippen LogP contribution is 2.17. The lowest BCUT2D eigenvalue weighted by molar-refractivity contribution is 0.0972. The first-order chi connectivity index (χ1) is 14.4. The number of amides is 1. The van der Waals surface area contributed by atoms with Crippen LogP contribution >= 0.6 is 11.6 Å². The number of nitrogen functional groups attached to an aromatic ring is 2. The third kappa shape index (κ3) is 12.8. The van der Waals surface area contributed by atoms with Crippen molar-refractivity contribution in [1.29, 1.82) is 0 Å². The molecule has 0 bridgehead atoms. The molecule has 0 saturated carbocycles. The number of carbonyl (C=O) groups is 1. The zero-order valence-electron chi connectivity index (χ0n) is 17.5. The van der Waals surface area contributed by atoms with Crippen molar-refractivity contribution >= 4 is 35.1 Å². The molecular formula is C18H33ClN8O3. The van der Waals surface area contributed by atoms with Gasteiger partial charge in [0, 0.05) is 19.8 Å². The third-order valence-electron chi connectivity index (χ3n) is 3.42. The van der Waals surface area contributed by atoms with E-state index in [0.29, 0.717) is 6.54 Å². The van der Waals surface area contributed by atoms with E-state index in [1.165, 1.54) is 0 Å². The number of aliphatic hydroxyl groups is 1. The van der Waals surface area contributed by atoms with E-state index in [1.54, 1.807) is 6.20 Å². The molecule has 0 aliphatic heterocycles. The number of hydrogen-bond donors (Lipinski definition) is 6. The molecule has 1 aromatic heterocycles. The predicted octanol–water partition coefficient (Wildman–Crippen LogP) is 0.995. The van der Waals surface area contributed by atoms with Crippen LogP contribution in [0.4, 0.5) is 11.6 Å². The second-order valence-corrected chi connectivity index (χ2v) is 6.19. The number of hydrogen-bond acceptors (Lipinski definition) is 9. The number of ether oxygens (including phenoxy) is 1. The van der Waals surface area contributed by atoms with Gasteiger partial charge in [-0.3, -0.25) is 15.1 Å². The zero-order valence-corrected chi connectivity index (χ0v) is 18.3. The van der Waals surface area contributed by atoms with Crippen molar-refractivity contribution in [2.24, 2.45) is 10.7 Å². The molecule has 1 amide bonds. The monoisotopic (exact) mass is 444 g/mol. The lowest BCUT2D eigenvalue weighted by Gasteiger charge is -2.07. The van der Waals surface area contributed by atoms with Crippen LogP contribution in [0, 0.1) is 0 Å². The number of unbranched alkanes of at least 4 members (excludes halogenated alkanes) is 3. The van der Waals surface area contributed by atoms with Gasteiger partial charge in [-0.1, -0.05) is 30.5 Å². The Balaban J connectivity index is 0.00000122. The van der Waals surface area contributed by atoms with Gasteiger partial charge in [-0.25, -0.2) is 9.97 Å². The lowest BCUT2D eigenvalue weighted by atomic mass is 10.2. The number of guanidine groups is 1. The van der Waals surface area contributed by atoms with Crippen LogP contribution < -0.4 is 27.8 Å². The van der Waals surface area contributed by atoms with Gasteiger partial charge in [-0.15, -0.1) is 0 Å². The molecule has 30 heavy (non-hydrogen) atoms. The quantitative estimate of drug-likeness (QED) is 0.125. The first kappa shape index (κ1) is 27.4. The molecule has 9 N–H and O–H groups in total. The standard InChI is InChI=1S/C14H24ClN7O2.C4H9NO/c1-2-24-8-6-4-3-5-7-19-14(18)22-13(23)9-11(16)21-12(17)10(15)20-9;1-2-3-5-4-6/h2-8H2,1H3,(H4,16,17,21)(H3,18,19,22,23);2-3,5-6H,4H2,1H3. The first-order valence-electron chi connectivity index (χ1n) is 9.60. The van der Waals surface area contributed by atoms with Crippen molar-refractivity contribution in [3.63, 3.8) is 0 Å². The van der Waals surface area contributed by atoms with Crippen molar-refractivity contribution < 1.29 is 14.6 Å². The summed E-state index contributed by atoms with van der Waals surface area (Å²) in [6.07, 6.45) is 7.48. The van der Waals surface area contributed by atoms with Crippen LogP contribution in [-0.2, 0) is 4.74 Å². The van der Waals surface area contributed by atoms with E-state index in [4.69, 9.17) is 38.6 Å². The molecule has 0 fully saturated rings. The molecule has 0 atom stereocenters. The van der Waals surface area contributed by atoms with Crippen molar-refractivity contribution in [3.05, 3.63) is 23.1 Å². The highest BCUT2D eigenvalue weighted by atomic mass is 35.5. The van der Waals surface area contributed by atoms with Crippen LogP contribution in [0.2, 0.25) is 5.15 Å². The highest BCUT2D eigenvalue weighted by molar-refractivity contribution is 6.31. The lowest BCUT2D eigenvalue weighted by Crippen LogP contribution is -2.38. The predicted molar refractivity (Wildman–Crippen MR) is 120 cm³/mol. The molecule has 1 heterocycles. The van der Waals surface area contributed by atoms with Crippen molar-refractivity contribution in [3.8, 4) is 0 Å². The molecule has 0 unspecified atom stereocenters. The number of aliphatic hydroxyl groups excluding tert-OH is 1. The van der Waals surface area contributed by atoms with Crippen LogP contribution in [0.3, 0.4) is 0 Å². The molecule has 0 aliphatic rings. The van der Waals surface area contributed by atoms with Crippen LogP contribution in [0.5, 0.6) is 0 Å². The van der Waals surface area contributed by atoms with Crippen LogP contribution in [0.15, 0.2) is 17.3 Å². The summed E-state index contributed by atoms with van der Waals surface area (Å²) in [6.45, 7) is 5.92. The minimum Gasteiger partial charge on any atom is -0.382 e. The van der Waals surface area contributed by atoms with E-state index < -0.39 is 5.91 Å². The van der Waals surface area contributed by atoms with E-state index >= 15 is 0 Å². The summed E-state index contributed by atoms with van der Waals surface area (Å²) in [5.74, 6) is -0.823. The van der Waals surface area contributed by atoms with Crippen LogP contribution in [0.1, 0.15) is 50.0 Å². The maximum Gasteiger partial charge on any atom is 0.280 e. The number of anilines is 2. The van der Waals surface area contributed by atoms with E-state index in [0.717, 1.165) is 38.9 Å². The molecule has 0 saturated heterocycles. The normalized spacial score (nSPS) is 11.1. The first-order valence-corrected chi connectivity index (χ1v) is 9.97. The molecule has 0 radical (unpaired) electrons. The number of carbonyl (C=O) groups excluding carboxylic acids is 1. The van der Waals surface area contributed by atoms with Crippen molar-refractivity contribution in [1.82, 2.24) is 20.6 Å². The van der Waals surface area contributed by atoms with Gasteiger partial charge in [0.15, 0.2) is 28.4 Å². The molecule has 0 spiro atoms. The Hall–Kier alpha value is -2.63. The van der Waals surface area contributed by atoms with Gasteiger partial charge in [0.05, 0.1) is 0 Å². The van der Waals surface area contributed by atoms with Gasteiger partial charge in [-0.05, 0) is 32.9 Å². The fraction of sp³-hybridized carbons (Fsp3) is 0.556. The minimum absolute atomic E-state index is 0.0107. The largest absolute Gasteiger partial charge is 0.382 e. The molecule has 12 heteroatoms. The van der Waals surface area contributed by atoms with Gasteiger partial charge in [0.25, 0.3) is 5.91 Å². The molecule has 1 aromatic rings. The van der Waals surface area contributed by atoms with Gasteiger partial charge in [-0.2, -0.15) is 0 Å². The Bertz CT molecular complexity index is 686. The van der Waals surface area contributed by atoms with E-state index in [1.807, 2.05) is 19.9 Å². The second kappa shape index (κ2) is 17.2. The summed E-state index contributed by atoms with van der Waals surface area (Å²) in [5.41, 5.74) is 16.6. The number of nitrogens with zero attached hydrogens (tertiary/aromatic N) is 3. The number of nitrogens with one attached hydrogen (secondary N) is 2. The Morgan fingerprint density at radius 3 is 2.53 bits per heavy atom. The summed E-state index contributed by atoms with van der Waals surface area (Å²) >= 11 is 5.73. The van der Waals surface area contributed by atoms with Gasteiger partial charge >= 0.3 is 0 Å². The number of aromatic nitrogens is 2. The number of nitrogens with two attached hydrogens (primary N) is 3. The zero-order chi connectivity index (χ0) is 22.8. The van der Waals surface area contributed by atoms with Gasteiger partial charge in [0.1, 0.15) is 6.73 Å². The fourth-order valence-corrected chi connectivity index (χ4v) is 2.13. The van der Waals surface area contributed by atoms with E-state index in [2.05, 4.69) is 25.6 Å². The SMILES string of the molecule is CC=CNCO.CCOCCCCCCN=C(N)NC(=O)c1nc(Cl)c(N)nc1N. The Kier molecular flexibility index (Phi) is 15.7. The molecule has 0 aliphatic carbocycles. The third-order valence-corrected chi connectivity index (χ3v) is 3.70. The number of allylic oxidation sites excluding steroid dienone is 1. The molecule has 0 aromatic carbocycles. The summed E-state index contributed by atoms with van der Waals surface area (Å²) in [7, 11) is 0. The van der Waals surface area contributed by atoms with Crippen molar-refractivity contribution in [2.75, 3.05) is 38.0 Å². The van der Waals surface area contributed by atoms with Crippen LogP contribution in [0.25, 0.3) is 0 Å². The van der Waals surface area contributed by atoms with E-state index in [9.17, 15) is 4.79 Å². The molecule has 1 rings (SSSR count). The minimum atomic E-state index is -0.639. The van der Waals surface area contributed by atoms with Crippen LogP contribution in [-0.4, -0.2) is 53.4 Å². The number of aliphatic imine (C=N–C) groups is 1. The summed E-state index contributed by atoms with van der Waals surface area (Å²) < 4.78 is 5.26. The van der Waals surface area contributed by atoms with Gasteiger partial charge in [0.2, 0.25) is 0 Å².